The maximum absolute atomic E-state index is 12.3. The van der Waals surface area contributed by atoms with Gasteiger partial charge in [-0.1, -0.05) is 32.0 Å². The molecule has 1 atom stereocenters. The number of likely N-dealkylation sites (N-methyl/N-ethyl adjacent to an activating group) is 2. The second-order valence-electron chi connectivity index (χ2n) is 4.74. The van der Waals surface area contributed by atoms with E-state index in [0.29, 0.717) is 17.4 Å². The molecule has 0 aromatic heterocycles. The summed E-state index contributed by atoms with van der Waals surface area (Å²) in [5.41, 5.74) is 0. The van der Waals surface area contributed by atoms with Gasteiger partial charge in [-0.2, -0.15) is 4.31 Å². The van der Waals surface area contributed by atoms with Crippen molar-refractivity contribution >= 4 is 10.0 Å². The molecule has 1 aromatic rings. The highest BCUT2D eigenvalue weighted by atomic mass is 32.2. The van der Waals surface area contributed by atoms with Crippen molar-refractivity contribution in [1.29, 1.82) is 0 Å². The Labute approximate surface area is 110 Å². The summed E-state index contributed by atoms with van der Waals surface area (Å²) >= 11 is 0. The summed E-state index contributed by atoms with van der Waals surface area (Å²) in [5.74, 6) is 0.378. The first-order valence-electron chi connectivity index (χ1n) is 6.08. The maximum atomic E-state index is 12.3. The molecule has 0 radical (unpaired) electrons. The number of nitrogens with one attached hydrogen (secondary N) is 1. The van der Waals surface area contributed by atoms with E-state index in [2.05, 4.69) is 19.2 Å². The van der Waals surface area contributed by atoms with Crippen LogP contribution in [0.2, 0.25) is 0 Å². The molecule has 1 N–H and O–H groups in total. The topological polar surface area (TPSA) is 49.4 Å². The molecular weight excluding hydrogens is 248 g/mol. The number of benzene rings is 1. The Morgan fingerprint density at radius 1 is 1.22 bits per heavy atom. The molecule has 18 heavy (non-hydrogen) atoms. The normalized spacial score (nSPS) is 14.1. The second-order valence-corrected chi connectivity index (χ2v) is 6.78. The lowest BCUT2D eigenvalue weighted by molar-refractivity contribution is 0.345. The third kappa shape index (κ3) is 3.54. The molecule has 4 nitrogen and oxygen atoms in total. The lowest BCUT2D eigenvalue weighted by atomic mass is 10.1. The van der Waals surface area contributed by atoms with Gasteiger partial charge in [-0.15, -0.1) is 0 Å². The van der Waals surface area contributed by atoms with Gasteiger partial charge in [-0.25, -0.2) is 8.42 Å². The highest BCUT2D eigenvalue weighted by Crippen LogP contribution is 2.15. The van der Waals surface area contributed by atoms with E-state index in [1.54, 1.807) is 31.3 Å². The van der Waals surface area contributed by atoms with E-state index < -0.39 is 10.0 Å². The monoisotopic (exact) mass is 270 g/mol. The van der Waals surface area contributed by atoms with Gasteiger partial charge in [0.05, 0.1) is 4.90 Å². The maximum Gasteiger partial charge on any atom is 0.242 e. The second kappa shape index (κ2) is 6.31. The van der Waals surface area contributed by atoms with E-state index in [-0.39, 0.29) is 6.04 Å². The summed E-state index contributed by atoms with van der Waals surface area (Å²) in [4.78, 5) is 0.339. The van der Waals surface area contributed by atoms with Gasteiger partial charge < -0.3 is 5.32 Å². The van der Waals surface area contributed by atoms with Crippen molar-refractivity contribution in [2.24, 2.45) is 5.92 Å². The van der Waals surface area contributed by atoms with Crippen LogP contribution in [0, 0.1) is 5.92 Å². The average Bonchev–Trinajstić information content (AvgIpc) is 2.36. The van der Waals surface area contributed by atoms with Gasteiger partial charge in [0.15, 0.2) is 0 Å². The summed E-state index contributed by atoms with van der Waals surface area (Å²) in [7, 11) is 0.0906. The van der Waals surface area contributed by atoms with Crippen LogP contribution >= 0.6 is 0 Å². The first-order chi connectivity index (χ1) is 8.39. The fraction of sp³-hybridized carbons (Fsp3) is 0.538. The van der Waals surface area contributed by atoms with Crippen molar-refractivity contribution in [2.45, 2.75) is 24.8 Å². The first-order valence-corrected chi connectivity index (χ1v) is 7.52. The van der Waals surface area contributed by atoms with Crippen molar-refractivity contribution in [2.75, 3.05) is 20.6 Å². The fourth-order valence-electron chi connectivity index (χ4n) is 1.78. The molecule has 0 aliphatic heterocycles. The summed E-state index contributed by atoms with van der Waals surface area (Å²) in [6.07, 6.45) is 0. The van der Waals surface area contributed by atoms with Crippen LogP contribution in [-0.2, 0) is 10.0 Å². The molecule has 1 aromatic carbocycles. The quantitative estimate of drug-likeness (QED) is 0.853. The van der Waals surface area contributed by atoms with Gasteiger partial charge in [-0.05, 0) is 25.1 Å². The van der Waals surface area contributed by atoms with E-state index in [0.717, 1.165) is 0 Å². The van der Waals surface area contributed by atoms with E-state index >= 15 is 0 Å². The Hall–Kier alpha value is -0.910. The molecule has 5 heteroatoms. The highest BCUT2D eigenvalue weighted by molar-refractivity contribution is 7.89. The number of hydrogen-bond donors (Lipinski definition) is 1. The molecule has 0 bridgehead atoms. The Bertz CT molecular complexity index is 457. The molecular formula is C13H22N2O2S. The minimum Gasteiger partial charge on any atom is -0.315 e. The molecule has 102 valence electrons. The summed E-state index contributed by atoms with van der Waals surface area (Å²) in [5, 5.41) is 3.15. The predicted molar refractivity (Wildman–Crippen MR) is 73.9 cm³/mol. The molecule has 0 saturated carbocycles. The van der Waals surface area contributed by atoms with Crippen LogP contribution in [0.1, 0.15) is 13.8 Å². The van der Waals surface area contributed by atoms with Crippen molar-refractivity contribution in [3.05, 3.63) is 30.3 Å². The Balaban J connectivity index is 2.87. The molecule has 0 unspecified atom stereocenters. The average molecular weight is 270 g/mol. The molecule has 0 heterocycles. The van der Waals surface area contributed by atoms with E-state index in [4.69, 9.17) is 0 Å². The first kappa shape index (κ1) is 15.1. The fourth-order valence-corrected chi connectivity index (χ4v) is 3.00. The number of hydrogen-bond acceptors (Lipinski definition) is 3. The van der Waals surface area contributed by atoms with Gasteiger partial charge >= 0.3 is 0 Å². The number of sulfonamides is 1. The lowest BCUT2D eigenvalue weighted by Gasteiger charge is -2.26. The zero-order valence-electron chi connectivity index (χ0n) is 11.4. The Morgan fingerprint density at radius 2 is 1.78 bits per heavy atom. The van der Waals surface area contributed by atoms with Crippen LogP contribution < -0.4 is 5.32 Å². The lowest BCUT2D eigenvalue weighted by Crippen LogP contribution is -2.43. The Kier molecular flexibility index (Phi) is 5.31. The zero-order valence-corrected chi connectivity index (χ0v) is 12.2. The van der Waals surface area contributed by atoms with Gasteiger partial charge in [-0.3, -0.25) is 0 Å². The van der Waals surface area contributed by atoms with Crippen LogP contribution in [-0.4, -0.2) is 39.4 Å². The van der Waals surface area contributed by atoms with Gasteiger partial charge in [0.1, 0.15) is 0 Å². The number of rotatable bonds is 6. The zero-order chi connectivity index (χ0) is 13.8. The van der Waals surface area contributed by atoms with Crippen molar-refractivity contribution < 1.29 is 8.42 Å². The highest BCUT2D eigenvalue weighted by Gasteiger charge is 2.24. The van der Waals surface area contributed by atoms with Crippen molar-refractivity contribution in [3.8, 4) is 0 Å². The molecule has 0 fully saturated rings. The van der Waals surface area contributed by atoms with Gasteiger partial charge in [0.25, 0.3) is 0 Å². The van der Waals surface area contributed by atoms with Gasteiger partial charge in [0, 0.05) is 19.6 Å². The Morgan fingerprint density at radius 3 is 2.22 bits per heavy atom. The molecule has 0 aliphatic carbocycles. The minimum atomic E-state index is -3.38. The minimum absolute atomic E-state index is 0.147. The van der Waals surface area contributed by atoms with E-state index in [1.807, 2.05) is 13.1 Å². The van der Waals surface area contributed by atoms with Crippen LogP contribution in [0.5, 0.6) is 0 Å². The molecule has 0 amide bonds. The number of nitrogens with zero attached hydrogens (tertiary/aromatic N) is 1. The molecule has 1 rings (SSSR count). The van der Waals surface area contributed by atoms with E-state index in [9.17, 15) is 8.42 Å². The van der Waals surface area contributed by atoms with Gasteiger partial charge in [0.2, 0.25) is 10.0 Å². The van der Waals surface area contributed by atoms with Crippen LogP contribution in [0.15, 0.2) is 35.2 Å². The van der Waals surface area contributed by atoms with Crippen LogP contribution in [0.4, 0.5) is 0 Å². The largest absolute Gasteiger partial charge is 0.315 e. The summed E-state index contributed by atoms with van der Waals surface area (Å²) in [6, 6.07) is 8.67. The van der Waals surface area contributed by atoms with Crippen molar-refractivity contribution in [3.63, 3.8) is 0 Å². The molecule has 0 aliphatic rings. The summed E-state index contributed by atoms with van der Waals surface area (Å²) < 4.78 is 26.0. The SMILES string of the molecule is CN[C@H](CN(C)S(=O)(=O)c1ccccc1)C(C)C. The molecule has 0 saturated heterocycles. The standard InChI is InChI=1S/C13H22N2O2S/c1-11(2)13(14-3)10-15(4)18(16,17)12-8-6-5-7-9-12/h5-9,11,13-14H,10H2,1-4H3/t13-/m1/s1. The smallest absolute Gasteiger partial charge is 0.242 e. The van der Waals surface area contributed by atoms with Crippen LogP contribution in [0.3, 0.4) is 0 Å². The third-order valence-electron chi connectivity index (χ3n) is 3.08. The molecule has 0 spiro atoms. The van der Waals surface area contributed by atoms with E-state index in [1.165, 1.54) is 4.31 Å². The summed E-state index contributed by atoms with van der Waals surface area (Å²) in [6.45, 7) is 4.61. The van der Waals surface area contributed by atoms with Crippen molar-refractivity contribution in [1.82, 2.24) is 9.62 Å². The third-order valence-corrected chi connectivity index (χ3v) is 4.92. The van der Waals surface area contributed by atoms with Crippen LogP contribution in [0.25, 0.3) is 0 Å². The predicted octanol–water partition coefficient (Wildman–Crippen LogP) is 1.55.